The number of benzene rings is 1. The van der Waals surface area contributed by atoms with Gasteiger partial charge in [0, 0.05) is 37.1 Å². The van der Waals surface area contributed by atoms with Gasteiger partial charge in [-0.15, -0.1) is 0 Å². The fourth-order valence-electron chi connectivity index (χ4n) is 3.39. The summed E-state index contributed by atoms with van der Waals surface area (Å²) >= 11 is 0. The van der Waals surface area contributed by atoms with E-state index >= 15 is 0 Å². The van der Waals surface area contributed by atoms with Gasteiger partial charge in [0.1, 0.15) is 18.2 Å². The van der Waals surface area contributed by atoms with Crippen LogP contribution in [0.4, 0.5) is 22.2 Å². The highest BCUT2D eigenvalue weighted by Crippen LogP contribution is 2.28. The summed E-state index contributed by atoms with van der Waals surface area (Å²) in [5, 5.41) is 3.21. The molecule has 1 aliphatic rings. The average Bonchev–Trinajstić information content (AvgIpc) is 2.75. The van der Waals surface area contributed by atoms with Crippen molar-refractivity contribution >= 4 is 23.5 Å². The smallest absolute Gasteiger partial charge is 0.325 e. The lowest BCUT2D eigenvalue weighted by molar-refractivity contribution is 0.183. The molecule has 0 atom stereocenters. The van der Waals surface area contributed by atoms with Crippen LogP contribution in [0.3, 0.4) is 0 Å². The molecule has 1 aromatic heterocycles. The minimum atomic E-state index is -0.0478. The maximum absolute atomic E-state index is 12.6. The number of carbonyl (C=O) groups excluding carboxylic acids is 1. The van der Waals surface area contributed by atoms with Crippen molar-refractivity contribution in [3.05, 3.63) is 36.0 Å². The minimum Gasteiger partial charge on any atom is -0.492 e. The summed E-state index contributed by atoms with van der Waals surface area (Å²) in [5.74, 6) is 1.94. The van der Waals surface area contributed by atoms with E-state index in [0.29, 0.717) is 24.9 Å². The van der Waals surface area contributed by atoms with Gasteiger partial charge in [-0.2, -0.15) is 4.98 Å². The predicted molar refractivity (Wildman–Crippen MR) is 120 cm³/mol. The van der Waals surface area contributed by atoms with Crippen LogP contribution < -0.4 is 15.0 Å². The fourth-order valence-corrected chi connectivity index (χ4v) is 3.39. The van der Waals surface area contributed by atoms with E-state index in [-0.39, 0.29) is 12.1 Å². The summed E-state index contributed by atoms with van der Waals surface area (Å²) in [6, 6.07) is 7.81. The molecule has 30 heavy (non-hydrogen) atoms. The van der Waals surface area contributed by atoms with Crippen molar-refractivity contribution in [2.75, 3.05) is 43.5 Å². The van der Waals surface area contributed by atoms with Gasteiger partial charge in [-0.3, -0.25) is 4.90 Å². The zero-order valence-electron chi connectivity index (χ0n) is 18.6. The Bertz CT molecular complexity index is 851. The quantitative estimate of drug-likeness (QED) is 0.677. The molecular formula is C22H32N6O2. The summed E-state index contributed by atoms with van der Waals surface area (Å²) in [4.78, 5) is 27.3. The first-order chi connectivity index (χ1) is 14.4. The Balaban J connectivity index is 1.63. The Morgan fingerprint density at radius 3 is 2.53 bits per heavy atom. The standard InChI is InChI=1S/C22H32N6O2/c1-6-27(7-2)12-13-30-19-10-8-18(9-11-19)24-21-23-14-17-15-28(16(3)4)22(29)26(5)20(17)25-21/h8-11,14,16H,6-7,12-13,15H2,1-5H3,(H,23,24,25). The lowest BCUT2D eigenvalue weighted by Crippen LogP contribution is -2.48. The highest BCUT2D eigenvalue weighted by molar-refractivity contribution is 5.93. The summed E-state index contributed by atoms with van der Waals surface area (Å²) in [5.41, 5.74) is 1.80. The normalized spacial score (nSPS) is 13.8. The van der Waals surface area contributed by atoms with Crippen molar-refractivity contribution in [3.63, 3.8) is 0 Å². The highest BCUT2D eigenvalue weighted by atomic mass is 16.5. The van der Waals surface area contributed by atoms with Gasteiger partial charge in [-0.05, 0) is 51.2 Å². The molecule has 0 unspecified atom stereocenters. The molecule has 0 saturated carbocycles. The van der Waals surface area contributed by atoms with Crippen molar-refractivity contribution < 1.29 is 9.53 Å². The van der Waals surface area contributed by atoms with Crippen LogP contribution in [0.25, 0.3) is 0 Å². The maximum atomic E-state index is 12.6. The lowest BCUT2D eigenvalue weighted by atomic mass is 10.2. The van der Waals surface area contributed by atoms with Crippen LogP contribution >= 0.6 is 0 Å². The van der Waals surface area contributed by atoms with Crippen LogP contribution in [0.1, 0.15) is 33.3 Å². The number of amides is 2. The monoisotopic (exact) mass is 412 g/mol. The second kappa shape index (κ2) is 9.75. The molecule has 8 nitrogen and oxygen atoms in total. The summed E-state index contributed by atoms with van der Waals surface area (Å²) < 4.78 is 5.83. The van der Waals surface area contributed by atoms with Crippen molar-refractivity contribution in [1.29, 1.82) is 0 Å². The van der Waals surface area contributed by atoms with Crippen LogP contribution in [-0.4, -0.2) is 65.1 Å². The molecule has 2 amide bonds. The number of fused-ring (bicyclic) bond motifs is 1. The van der Waals surface area contributed by atoms with Gasteiger partial charge >= 0.3 is 6.03 Å². The minimum absolute atomic E-state index is 0.0478. The van der Waals surface area contributed by atoms with E-state index in [1.165, 1.54) is 0 Å². The van der Waals surface area contributed by atoms with Gasteiger partial charge in [0.15, 0.2) is 0 Å². The third-order valence-electron chi connectivity index (χ3n) is 5.34. The van der Waals surface area contributed by atoms with E-state index in [4.69, 9.17) is 4.74 Å². The lowest BCUT2D eigenvalue weighted by Gasteiger charge is -2.36. The number of hydrogen-bond donors (Lipinski definition) is 1. The molecule has 2 aromatic rings. The first-order valence-corrected chi connectivity index (χ1v) is 10.5. The number of aromatic nitrogens is 2. The van der Waals surface area contributed by atoms with Crippen molar-refractivity contribution in [2.24, 2.45) is 0 Å². The van der Waals surface area contributed by atoms with Gasteiger partial charge in [-0.1, -0.05) is 13.8 Å². The number of hydrogen-bond acceptors (Lipinski definition) is 6. The highest BCUT2D eigenvalue weighted by Gasteiger charge is 2.30. The number of likely N-dealkylation sites (N-methyl/N-ethyl adjacent to an activating group) is 1. The molecule has 0 spiro atoms. The Labute approximate surface area is 178 Å². The Kier molecular flexibility index (Phi) is 7.10. The molecule has 1 N–H and O–H groups in total. The summed E-state index contributed by atoms with van der Waals surface area (Å²) in [6.07, 6.45) is 1.79. The zero-order chi connectivity index (χ0) is 21.7. The van der Waals surface area contributed by atoms with Crippen molar-refractivity contribution in [3.8, 4) is 5.75 Å². The second-order valence-corrected chi connectivity index (χ2v) is 7.63. The van der Waals surface area contributed by atoms with Gasteiger partial charge < -0.3 is 19.9 Å². The van der Waals surface area contributed by atoms with Gasteiger partial charge in [0.2, 0.25) is 5.95 Å². The molecule has 0 aliphatic carbocycles. The number of nitrogens with one attached hydrogen (secondary N) is 1. The number of urea groups is 1. The zero-order valence-corrected chi connectivity index (χ0v) is 18.6. The topological polar surface area (TPSA) is 73.8 Å². The third kappa shape index (κ3) is 4.99. The number of rotatable bonds is 9. The maximum Gasteiger partial charge on any atom is 0.325 e. The van der Waals surface area contributed by atoms with Crippen LogP contribution in [0.2, 0.25) is 0 Å². The number of anilines is 3. The first kappa shape index (κ1) is 21.8. The van der Waals surface area contributed by atoms with Crippen LogP contribution in [0.15, 0.2) is 30.5 Å². The van der Waals surface area contributed by atoms with E-state index in [2.05, 4.69) is 34.0 Å². The first-order valence-electron chi connectivity index (χ1n) is 10.5. The summed E-state index contributed by atoms with van der Waals surface area (Å²) in [6.45, 7) is 12.5. The predicted octanol–water partition coefficient (Wildman–Crippen LogP) is 3.72. The van der Waals surface area contributed by atoms with E-state index in [9.17, 15) is 4.79 Å². The molecule has 0 saturated heterocycles. The SMILES string of the molecule is CCN(CC)CCOc1ccc(Nc2ncc3c(n2)N(C)C(=O)N(C(C)C)C3)cc1. The van der Waals surface area contributed by atoms with Crippen molar-refractivity contribution in [2.45, 2.75) is 40.3 Å². The van der Waals surface area contributed by atoms with E-state index in [1.807, 2.05) is 38.1 Å². The average molecular weight is 413 g/mol. The van der Waals surface area contributed by atoms with Crippen LogP contribution in [-0.2, 0) is 6.54 Å². The Hall–Kier alpha value is -2.87. The molecule has 1 aromatic carbocycles. The number of ether oxygens (including phenoxy) is 1. The molecule has 162 valence electrons. The summed E-state index contributed by atoms with van der Waals surface area (Å²) in [7, 11) is 1.75. The molecule has 2 heterocycles. The largest absolute Gasteiger partial charge is 0.492 e. The van der Waals surface area contributed by atoms with Gasteiger partial charge in [0.25, 0.3) is 0 Å². The van der Waals surface area contributed by atoms with Gasteiger partial charge in [0.05, 0.1) is 6.54 Å². The molecule has 8 heteroatoms. The third-order valence-corrected chi connectivity index (χ3v) is 5.34. The van der Waals surface area contributed by atoms with Crippen LogP contribution in [0.5, 0.6) is 5.75 Å². The van der Waals surface area contributed by atoms with Crippen LogP contribution in [0, 0.1) is 0 Å². The molecule has 0 radical (unpaired) electrons. The molecule has 1 aliphatic heterocycles. The molecule has 0 fully saturated rings. The molecular weight excluding hydrogens is 380 g/mol. The second-order valence-electron chi connectivity index (χ2n) is 7.63. The Morgan fingerprint density at radius 2 is 1.90 bits per heavy atom. The van der Waals surface area contributed by atoms with Gasteiger partial charge in [-0.25, -0.2) is 9.78 Å². The van der Waals surface area contributed by atoms with E-state index in [1.54, 1.807) is 23.0 Å². The number of carbonyl (C=O) groups is 1. The van der Waals surface area contributed by atoms with Crippen molar-refractivity contribution in [1.82, 2.24) is 19.8 Å². The molecule has 0 bridgehead atoms. The molecule has 3 rings (SSSR count). The van der Waals surface area contributed by atoms with E-state index < -0.39 is 0 Å². The Morgan fingerprint density at radius 1 is 1.20 bits per heavy atom. The fraction of sp³-hybridized carbons (Fsp3) is 0.500. The van der Waals surface area contributed by atoms with E-state index in [0.717, 1.165) is 36.6 Å². The number of nitrogens with zero attached hydrogens (tertiary/aromatic N) is 5.